The third-order valence-corrected chi connectivity index (χ3v) is 3.14. The zero-order valence-corrected chi connectivity index (χ0v) is 11.5. The number of nitrogens with zero attached hydrogens (tertiary/aromatic N) is 3. The smallest absolute Gasteiger partial charge is 0.272 e. The number of ether oxygens (including phenoxy) is 1. The normalized spacial score (nSPS) is 11.2. The first-order valence-electron chi connectivity index (χ1n) is 6.14. The molecule has 3 aromatic rings. The maximum absolute atomic E-state index is 12.4. The van der Waals surface area contributed by atoms with Gasteiger partial charge in [0.2, 0.25) is 0 Å². The Balaban J connectivity index is 2.12. The van der Waals surface area contributed by atoms with Gasteiger partial charge >= 0.3 is 0 Å². The second-order valence-electron chi connectivity index (χ2n) is 4.29. The summed E-state index contributed by atoms with van der Waals surface area (Å²) < 4.78 is 31.5. The number of hydrogen-bond donors (Lipinski definition) is 0. The van der Waals surface area contributed by atoms with E-state index in [0.717, 1.165) is 0 Å². The average Bonchev–Trinajstić information content (AvgIpc) is 2.94. The highest BCUT2D eigenvalue weighted by Crippen LogP contribution is 2.34. The molecule has 0 radical (unpaired) electrons. The van der Waals surface area contributed by atoms with Crippen LogP contribution in [0.3, 0.4) is 0 Å². The first-order chi connectivity index (χ1) is 10.1. The van der Waals surface area contributed by atoms with Gasteiger partial charge in [-0.05, 0) is 30.3 Å². The molecule has 1 aromatic carbocycles. The Labute approximate surface area is 123 Å². The summed E-state index contributed by atoms with van der Waals surface area (Å²) in [5.74, 6) is 0.329. The van der Waals surface area contributed by atoms with Crippen LogP contribution in [0.4, 0.5) is 8.78 Å². The van der Waals surface area contributed by atoms with Crippen LogP contribution in [0, 0.1) is 0 Å². The van der Waals surface area contributed by atoms with Crippen molar-refractivity contribution in [2.24, 2.45) is 0 Å². The zero-order valence-electron chi connectivity index (χ0n) is 10.7. The van der Waals surface area contributed by atoms with Crippen LogP contribution >= 0.6 is 11.6 Å². The molecule has 7 heteroatoms. The van der Waals surface area contributed by atoms with Gasteiger partial charge in [0.25, 0.3) is 6.43 Å². The van der Waals surface area contributed by atoms with Crippen LogP contribution < -0.4 is 4.74 Å². The lowest BCUT2D eigenvalue weighted by Crippen LogP contribution is -2.07. The second kappa shape index (κ2) is 5.65. The van der Waals surface area contributed by atoms with E-state index in [1.165, 1.54) is 6.33 Å². The first kappa shape index (κ1) is 13.8. The summed E-state index contributed by atoms with van der Waals surface area (Å²) in [6, 6.07) is 8.42. The van der Waals surface area contributed by atoms with Crippen LogP contribution in [0.15, 0.2) is 42.9 Å². The monoisotopic (exact) mass is 309 g/mol. The number of fused-ring (bicyclic) bond motifs is 1. The van der Waals surface area contributed by atoms with E-state index in [1.54, 1.807) is 35.0 Å². The Morgan fingerprint density at radius 3 is 2.90 bits per heavy atom. The molecule has 0 bridgehead atoms. The van der Waals surface area contributed by atoms with Crippen LogP contribution in [0.5, 0.6) is 5.75 Å². The summed E-state index contributed by atoms with van der Waals surface area (Å²) in [5, 5.41) is 4.53. The Bertz CT molecular complexity index is 776. The van der Waals surface area contributed by atoms with Crippen molar-refractivity contribution in [2.75, 3.05) is 6.61 Å². The van der Waals surface area contributed by atoms with Crippen molar-refractivity contribution in [3.05, 3.63) is 47.9 Å². The van der Waals surface area contributed by atoms with E-state index in [2.05, 4.69) is 10.1 Å². The van der Waals surface area contributed by atoms with E-state index in [1.807, 2.05) is 6.07 Å². The highest BCUT2D eigenvalue weighted by Gasteiger charge is 2.14. The molecule has 2 heterocycles. The molecule has 2 aromatic heterocycles. The molecule has 0 aliphatic rings. The van der Waals surface area contributed by atoms with Crippen molar-refractivity contribution in [3.63, 3.8) is 0 Å². The van der Waals surface area contributed by atoms with Crippen LogP contribution in [-0.2, 0) is 0 Å². The summed E-state index contributed by atoms with van der Waals surface area (Å²) in [5.41, 5.74) is 1.91. The largest absolute Gasteiger partial charge is 0.487 e. The molecule has 0 fully saturated rings. The lowest BCUT2D eigenvalue weighted by molar-refractivity contribution is 0.0822. The molecule has 0 unspecified atom stereocenters. The molecule has 108 valence electrons. The van der Waals surface area contributed by atoms with Gasteiger partial charge < -0.3 is 4.74 Å². The number of benzene rings is 1. The van der Waals surface area contributed by atoms with Crippen LogP contribution in [0.2, 0.25) is 5.02 Å². The summed E-state index contributed by atoms with van der Waals surface area (Å²) in [4.78, 5) is 4.17. The fourth-order valence-electron chi connectivity index (χ4n) is 2.05. The van der Waals surface area contributed by atoms with Crippen molar-refractivity contribution in [1.82, 2.24) is 14.6 Å². The molecule has 0 amide bonds. The summed E-state index contributed by atoms with van der Waals surface area (Å²) in [7, 11) is 0. The number of rotatable bonds is 4. The van der Waals surface area contributed by atoms with Crippen molar-refractivity contribution < 1.29 is 13.5 Å². The zero-order chi connectivity index (χ0) is 14.8. The van der Waals surface area contributed by atoms with Crippen LogP contribution in [0.1, 0.15) is 0 Å². The van der Waals surface area contributed by atoms with E-state index in [-0.39, 0.29) is 0 Å². The van der Waals surface area contributed by atoms with Crippen molar-refractivity contribution >= 4 is 17.2 Å². The van der Waals surface area contributed by atoms with Gasteiger partial charge in [-0.25, -0.2) is 18.3 Å². The minimum absolute atomic E-state index is 0.329. The molecule has 0 aliphatic carbocycles. The summed E-state index contributed by atoms with van der Waals surface area (Å²) >= 11 is 6.01. The maximum atomic E-state index is 12.4. The van der Waals surface area contributed by atoms with Crippen LogP contribution in [-0.4, -0.2) is 27.6 Å². The van der Waals surface area contributed by atoms with Gasteiger partial charge in [-0.3, -0.25) is 0 Å². The number of alkyl halides is 2. The molecule has 0 spiro atoms. The highest BCUT2D eigenvalue weighted by molar-refractivity contribution is 6.31. The lowest BCUT2D eigenvalue weighted by Gasteiger charge is -2.12. The number of aromatic nitrogens is 3. The fraction of sp³-hybridized carbons (Fsp3) is 0.143. The van der Waals surface area contributed by atoms with Gasteiger partial charge in [0.15, 0.2) is 5.65 Å². The molecule has 3 rings (SSSR count). The van der Waals surface area contributed by atoms with Gasteiger partial charge in [0.05, 0.1) is 0 Å². The van der Waals surface area contributed by atoms with Crippen molar-refractivity contribution in [3.8, 4) is 16.9 Å². The van der Waals surface area contributed by atoms with Gasteiger partial charge in [-0.2, -0.15) is 5.10 Å². The van der Waals surface area contributed by atoms with E-state index in [0.29, 0.717) is 27.5 Å². The SMILES string of the molecule is FC(F)COc1ccc(Cl)cc1-c1cccn2ncnc12. The molecule has 21 heavy (non-hydrogen) atoms. The lowest BCUT2D eigenvalue weighted by atomic mass is 10.1. The standard InChI is InChI=1S/C14H10ClF2N3O/c15-9-3-4-12(21-7-13(16)17)11(6-9)10-2-1-5-20-14(10)18-8-19-20/h1-6,8,13H,7H2. The minimum Gasteiger partial charge on any atom is -0.487 e. The highest BCUT2D eigenvalue weighted by atomic mass is 35.5. The molecule has 4 nitrogen and oxygen atoms in total. The number of halogens is 3. The molecular formula is C14H10ClF2N3O. The molecule has 0 saturated carbocycles. The molecule has 0 aliphatic heterocycles. The minimum atomic E-state index is -2.54. The number of hydrogen-bond acceptors (Lipinski definition) is 3. The van der Waals surface area contributed by atoms with Crippen molar-refractivity contribution in [2.45, 2.75) is 6.43 Å². The van der Waals surface area contributed by atoms with E-state index in [4.69, 9.17) is 16.3 Å². The molecular weight excluding hydrogens is 300 g/mol. The van der Waals surface area contributed by atoms with Gasteiger partial charge in [0.1, 0.15) is 18.7 Å². The van der Waals surface area contributed by atoms with E-state index >= 15 is 0 Å². The maximum Gasteiger partial charge on any atom is 0.272 e. The van der Waals surface area contributed by atoms with Crippen LogP contribution in [0.25, 0.3) is 16.8 Å². The van der Waals surface area contributed by atoms with Gasteiger partial charge in [0, 0.05) is 22.3 Å². The number of pyridine rings is 1. The average molecular weight is 310 g/mol. The molecule has 0 saturated heterocycles. The van der Waals surface area contributed by atoms with Crippen molar-refractivity contribution in [1.29, 1.82) is 0 Å². The quantitative estimate of drug-likeness (QED) is 0.738. The summed E-state index contributed by atoms with van der Waals surface area (Å²) in [6.07, 6.45) is 0.622. The first-order valence-corrected chi connectivity index (χ1v) is 6.52. The van der Waals surface area contributed by atoms with Gasteiger partial charge in [-0.1, -0.05) is 11.6 Å². The predicted molar refractivity (Wildman–Crippen MR) is 74.9 cm³/mol. The molecule has 0 N–H and O–H groups in total. The third kappa shape index (κ3) is 2.80. The Hall–Kier alpha value is -2.21. The fourth-order valence-corrected chi connectivity index (χ4v) is 2.22. The van der Waals surface area contributed by atoms with E-state index in [9.17, 15) is 8.78 Å². The summed E-state index contributed by atoms with van der Waals surface area (Å²) in [6.45, 7) is -0.676. The van der Waals surface area contributed by atoms with E-state index < -0.39 is 13.0 Å². The Morgan fingerprint density at radius 1 is 1.24 bits per heavy atom. The predicted octanol–water partition coefficient (Wildman–Crippen LogP) is 3.69. The molecule has 0 atom stereocenters. The van der Waals surface area contributed by atoms with Gasteiger partial charge in [-0.15, -0.1) is 0 Å². The topological polar surface area (TPSA) is 39.4 Å². The Morgan fingerprint density at radius 2 is 2.10 bits per heavy atom. The Kier molecular flexibility index (Phi) is 3.70. The second-order valence-corrected chi connectivity index (χ2v) is 4.73. The third-order valence-electron chi connectivity index (χ3n) is 2.90.